The van der Waals surface area contributed by atoms with Gasteiger partial charge in [-0.1, -0.05) is 42.5 Å². The van der Waals surface area contributed by atoms with E-state index in [4.69, 9.17) is 5.73 Å². The van der Waals surface area contributed by atoms with Crippen molar-refractivity contribution < 1.29 is 4.39 Å². The zero-order valence-electron chi connectivity index (χ0n) is 14.7. The predicted molar refractivity (Wildman–Crippen MR) is 108 cm³/mol. The quantitative estimate of drug-likeness (QED) is 0.460. The van der Waals surface area contributed by atoms with E-state index >= 15 is 0 Å². The highest BCUT2D eigenvalue weighted by Crippen LogP contribution is 2.30. The summed E-state index contributed by atoms with van der Waals surface area (Å²) in [7, 11) is 0. The van der Waals surface area contributed by atoms with Gasteiger partial charge in [-0.25, -0.2) is 4.39 Å². The number of nitrogen functional groups attached to an aromatic ring is 1. The molecule has 28 heavy (non-hydrogen) atoms. The Hall–Kier alpha value is -4.00. The number of benzene rings is 3. The molecule has 0 saturated heterocycles. The monoisotopic (exact) mass is 370 g/mol. The van der Waals surface area contributed by atoms with Gasteiger partial charge in [-0.3, -0.25) is 0 Å². The highest BCUT2D eigenvalue weighted by atomic mass is 19.1. The first kappa shape index (κ1) is 16.2. The molecule has 6 nitrogen and oxygen atoms in total. The molecule has 5 aromatic rings. The number of fused-ring (bicyclic) bond motifs is 3. The summed E-state index contributed by atoms with van der Waals surface area (Å²) < 4.78 is 15.9. The van der Waals surface area contributed by atoms with Gasteiger partial charge in [0.15, 0.2) is 17.3 Å². The number of halogens is 1. The number of hydrogen-bond acceptors (Lipinski definition) is 5. The van der Waals surface area contributed by atoms with Crippen molar-refractivity contribution in [3.63, 3.8) is 0 Å². The van der Waals surface area contributed by atoms with Gasteiger partial charge in [0, 0.05) is 22.1 Å². The Bertz CT molecular complexity index is 1330. The van der Waals surface area contributed by atoms with E-state index in [9.17, 15) is 4.39 Å². The minimum Gasteiger partial charge on any atom is -0.399 e. The number of anilines is 3. The van der Waals surface area contributed by atoms with E-state index in [1.54, 1.807) is 22.7 Å². The standard InChI is InChI=1S/C21H15FN6/c22-18-11-4-3-10-17(18)21-26-25-20-16-9-2-1-8-15(16)19(27-28(20)21)24-14-7-5-6-13(23)12-14/h1-12H,23H2,(H,24,27). The molecule has 0 radical (unpaired) electrons. The molecule has 5 rings (SSSR count). The van der Waals surface area contributed by atoms with E-state index in [0.29, 0.717) is 28.5 Å². The van der Waals surface area contributed by atoms with Crippen molar-refractivity contribution >= 4 is 33.6 Å². The molecule has 0 unspecified atom stereocenters. The van der Waals surface area contributed by atoms with E-state index in [-0.39, 0.29) is 5.82 Å². The van der Waals surface area contributed by atoms with Gasteiger partial charge in [0.2, 0.25) is 0 Å². The summed E-state index contributed by atoms with van der Waals surface area (Å²) in [6, 6.07) is 21.6. The lowest BCUT2D eigenvalue weighted by atomic mass is 10.1. The third-order valence-corrected chi connectivity index (χ3v) is 4.53. The van der Waals surface area contributed by atoms with Gasteiger partial charge in [0.1, 0.15) is 5.82 Å². The second-order valence-electron chi connectivity index (χ2n) is 6.38. The molecular formula is C21H15FN6. The lowest BCUT2D eigenvalue weighted by molar-refractivity contribution is 0.629. The highest BCUT2D eigenvalue weighted by molar-refractivity contribution is 6.01. The van der Waals surface area contributed by atoms with Gasteiger partial charge in [-0.15, -0.1) is 15.3 Å². The summed E-state index contributed by atoms with van der Waals surface area (Å²) in [6.45, 7) is 0. The molecule has 2 aromatic heterocycles. The number of hydrogen-bond donors (Lipinski definition) is 2. The molecule has 0 aliphatic carbocycles. The van der Waals surface area contributed by atoms with Crippen molar-refractivity contribution in [3.05, 3.63) is 78.6 Å². The first-order chi connectivity index (χ1) is 13.7. The number of nitrogens with two attached hydrogens (primary N) is 1. The van der Waals surface area contributed by atoms with Crippen LogP contribution in [0.25, 0.3) is 27.8 Å². The van der Waals surface area contributed by atoms with Crippen molar-refractivity contribution in [2.45, 2.75) is 0 Å². The van der Waals surface area contributed by atoms with Gasteiger partial charge in [0.25, 0.3) is 0 Å². The fourth-order valence-electron chi connectivity index (χ4n) is 3.24. The minimum absolute atomic E-state index is 0.340. The number of aromatic nitrogens is 4. The Balaban J connectivity index is 1.77. The van der Waals surface area contributed by atoms with Crippen LogP contribution in [0.5, 0.6) is 0 Å². The summed E-state index contributed by atoms with van der Waals surface area (Å²) >= 11 is 0. The van der Waals surface area contributed by atoms with Crippen LogP contribution in [0.4, 0.5) is 21.6 Å². The van der Waals surface area contributed by atoms with Gasteiger partial charge in [-0.2, -0.15) is 4.52 Å². The Kier molecular flexibility index (Phi) is 3.65. The van der Waals surface area contributed by atoms with Gasteiger partial charge in [-0.05, 0) is 30.3 Å². The Morgan fingerprint density at radius 3 is 2.46 bits per heavy atom. The van der Waals surface area contributed by atoms with Crippen LogP contribution in [0.3, 0.4) is 0 Å². The summed E-state index contributed by atoms with van der Waals surface area (Å²) in [6.07, 6.45) is 0. The van der Waals surface area contributed by atoms with Crippen molar-refractivity contribution in [2.75, 3.05) is 11.1 Å². The molecule has 2 heterocycles. The smallest absolute Gasteiger partial charge is 0.188 e. The minimum atomic E-state index is -0.378. The normalized spacial score (nSPS) is 11.2. The zero-order valence-corrected chi connectivity index (χ0v) is 14.7. The SMILES string of the molecule is Nc1cccc(Nc2nn3c(-c4ccccc4F)nnc3c3ccccc23)c1. The summed E-state index contributed by atoms with van der Waals surface area (Å²) in [5.41, 5.74) is 8.24. The topological polar surface area (TPSA) is 81.1 Å². The van der Waals surface area contributed by atoms with Crippen LogP contribution in [-0.2, 0) is 0 Å². The molecule has 136 valence electrons. The maximum atomic E-state index is 14.3. The third-order valence-electron chi connectivity index (χ3n) is 4.53. The van der Waals surface area contributed by atoms with Crippen LogP contribution in [0.1, 0.15) is 0 Å². The predicted octanol–water partition coefficient (Wildman–Crippen LogP) is 4.41. The van der Waals surface area contributed by atoms with Gasteiger partial charge in [0.05, 0.1) is 5.56 Å². The fraction of sp³-hybridized carbons (Fsp3) is 0. The first-order valence-corrected chi connectivity index (χ1v) is 8.72. The molecule has 7 heteroatoms. The maximum absolute atomic E-state index is 14.3. The van der Waals surface area contributed by atoms with Crippen LogP contribution in [0.2, 0.25) is 0 Å². The van der Waals surface area contributed by atoms with Crippen molar-refractivity contribution in [3.8, 4) is 11.4 Å². The van der Waals surface area contributed by atoms with E-state index in [1.807, 2.05) is 48.5 Å². The Morgan fingerprint density at radius 2 is 1.64 bits per heavy atom. The van der Waals surface area contributed by atoms with Crippen LogP contribution >= 0.6 is 0 Å². The van der Waals surface area contributed by atoms with Crippen LogP contribution in [-0.4, -0.2) is 19.8 Å². The number of nitrogens with one attached hydrogen (secondary N) is 1. The molecule has 0 aliphatic rings. The largest absolute Gasteiger partial charge is 0.399 e. The zero-order chi connectivity index (χ0) is 19.1. The first-order valence-electron chi connectivity index (χ1n) is 8.72. The number of nitrogens with zero attached hydrogens (tertiary/aromatic N) is 4. The van der Waals surface area contributed by atoms with Crippen LogP contribution in [0.15, 0.2) is 72.8 Å². The van der Waals surface area contributed by atoms with Crippen molar-refractivity contribution in [2.24, 2.45) is 0 Å². The molecule has 0 aliphatic heterocycles. The molecule has 0 atom stereocenters. The molecular weight excluding hydrogens is 355 g/mol. The van der Waals surface area contributed by atoms with Crippen LogP contribution < -0.4 is 11.1 Å². The van der Waals surface area contributed by atoms with E-state index in [0.717, 1.165) is 16.5 Å². The average Bonchev–Trinajstić information content (AvgIpc) is 3.12. The lowest BCUT2D eigenvalue weighted by Crippen LogP contribution is -2.03. The number of rotatable bonds is 3. The molecule has 0 saturated carbocycles. The van der Waals surface area contributed by atoms with Crippen molar-refractivity contribution in [1.82, 2.24) is 19.8 Å². The summed E-state index contributed by atoms with van der Waals surface area (Å²) in [4.78, 5) is 0. The molecule has 0 bridgehead atoms. The average molecular weight is 370 g/mol. The Labute approximate surface area is 159 Å². The third kappa shape index (κ3) is 2.61. The molecule has 0 amide bonds. The maximum Gasteiger partial charge on any atom is 0.188 e. The fourth-order valence-corrected chi connectivity index (χ4v) is 3.24. The second kappa shape index (κ2) is 6.31. The van der Waals surface area contributed by atoms with E-state index < -0.39 is 0 Å². The molecule has 3 N–H and O–H groups in total. The van der Waals surface area contributed by atoms with Gasteiger partial charge < -0.3 is 11.1 Å². The van der Waals surface area contributed by atoms with Crippen LogP contribution in [0, 0.1) is 5.82 Å². The molecule has 3 aromatic carbocycles. The highest BCUT2D eigenvalue weighted by Gasteiger charge is 2.17. The lowest BCUT2D eigenvalue weighted by Gasteiger charge is -2.11. The van der Waals surface area contributed by atoms with Crippen molar-refractivity contribution in [1.29, 1.82) is 0 Å². The van der Waals surface area contributed by atoms with E-state index in [1.165, 1.54) is 6.07 Å². The van der Waals surface area contributed by atoms with Gasteiger partial charge >= 0.3 is 0 Å². The summed E-state index contributed by atoms with van der Waals surface area (Å²) in [5, 5.41) is 18.2. The molecule has 0 spiro atoms. The Morgan fingerprint density at radius 1 is 0.857 bits per heavy atom. The van der Waals surface area contributed by atoms with E-state index in [2.05, 4.69) is 20.6 Å². The summed E-state index contributed by atoms with van der Waals surface area (Å²) in [5.74, 6) is 0.567. The molecule has 0 fully saturated rings. The second-order valence-corrected chi connectivity index (χ2v) is 6.38.